The van der Waals surface area contributed by atoms with Gasteiger partial charge in [0.15, 0.2) is 5.76 Å². The Bertz CT molecular complexity index is 706. The molecule has 1 aromatic carbocycles. The van der Waals surface area contributed by atoms with Gasteiger partial charge in [0, 0.05) is 11.1 Å². The third kappa shape index (κ3) is 5.66. The van der Waals surface area contributed by atoms with E-state index in [4.69, 9.17) is 21.7 Å². The van der Waals surface area contributed by atoms with Crippen LogP contribution in [-0.4, -0.2) is 24.9 Å². The predicted octanol–water partition coefficient (Wildman–Crippen LogP) is 6.57. The first-order chi connectivity index (χ1) is 13.7. The zero-order valence-electron chi connectivity index (χ0n) is 17.6. The number of hydrogen-bond acceptors (Lipinski definition) is 4. The number of unbranched alkanes of at least 4 members (excludes halogenated alkanes) is 9. The fraction of sp³-hybridized carbons (Fsp3) is 0.583. The van der Waals surface area contributed by atoms with E-state index < -0.39 is 0 Å². The molecule has 2 rings (SSSR count). The molecule has 0 radical (unpaired) electrons. The Labute approximate surface area is 175 Å². The molecule has 0 unspecified atom stereocenters. The minimum Gasteiger partial charge on any atom is -0.491 e. The van der Waals surface area contributed by atoms with Crippen molar-refractivity contribution in [2.45, 2.75) is 77.6 Å². The van der Waals surface area contributed by atoms with Gasteiger partial charge in [0.25, 0.3) is 0 Å². The van der Waals surface area contributed by atoms with Gasteiger partial charge in [-0.15, -0.1) is 0 Å². The molecule has 0 bridgehead atoms. The topological polar surface area (TPSA) is 35.5 Å². The molecule has 0 saturated heterocycles. The second-order valence-electron chi connectivity index (χ2n) is 7.50. The maximum Gasteiger partial charge on any atom is 0.232 e. The molecule has 0 fully saturated rings. The van der Waals surface area contributed by atoms with E-state index in [1.54, 1.807) is 0 Å². The van der Waals surface area contributed by atoms with Crippen molar-refractivity contribution in [3.8, 4) is 0 Å². The SMILES string of the molecule is CCCCCCCCCCCCc1cccc2c1C(=O)C(OC)=C(OC)C2=S. The summed E-state index contributed by atoms with van der Waals surface area (Å²) in [6.45, 7) is 2.26. The highest BCUT2D eigenvalue weighted by Gasteiger charge is 2.33. The van der Waals surface area contributed by atoms with Gasteiger partial charge in [-0.3, -0.25) is 4.79 Å². The smallest absolute Gasteiger partial charge is 0.232 e. The number of aryl methyl sites for hydroxylation is 1. The molecular formula is C24H34O3S. The summed E-state index contributed by atoms with van der Waals surface area (Å²) in [6, 6.07) is 5.93. The van der Waals surface area contributed by atoms with Crippen LogP contribution >= 0.6 is 12.2 Å². The number of carbonyl (C=O) groups excluding carboxylic acids is 1. The first kappa shape index (κ1) is 22.6. The quantitative estimate of drug-likeness (QED) is 0.276. The van der Waals surface area contributed by atoms with Gasteiger partial charge in [0.2, 0.25) is 11.5 Å². The average Bonchev–Trinajstić information content (AvgIpc) is 2.71. The number of rotatable bonds is 13. The molecule has 1 aromatic rings. The number of methoxy groups -OCH3 is 2. The lowest BCUT2D eigenvalue weighted by Crippen LogP contribution is -2.25. The predicted molar refractivity (Wildman–Crippen MR) is 119 cm³/mol. The number of ketones is 1. The molecule has 3 nitrogen and oxygen atoms in total. The Balaban J connectivity index is 1.87. The summed E-state index contributed by atoms with van der Waals surface area (Å²) in [5.74, 6) is 0.465. The highest BCUT2D eigenvalue weighted by molar-refractivity contribution is 7.81. The Kier molecular flexibility index (Phi) is 9.69. The molecule has 0 amide bonds. The number of allylic oxidation sites excluding steroid dienone is 2. The van der Waals surface area contributed by atoms with Gasteiger partial charge >= 0.3 is 0 Å². The van der Waals surface area contributed by atoms with Crippen molar-refractivity contribution in [3.63, 3.8) is 0 Å². The summed E-state index contributed by atoms with van der Waals surface area (Å²) in [7, 11) is 3.01. The van der Waals surface area contributed by atoms with Crippen LogP contribution in [0, 0.1) is 0 Å². The second-order valence-corrected chi connectivity index (χ2v) is 7.90. The highest BCUT2D eigenvalue weighted by Crippen LogP contribution is 2.31. The molecular weight excluding hydrogens is 368 g/mol. The van der Waals surface area contributed by atoms with Crippen molar-refractivity contribution >= 4 is 22.9 Å². The Hall–Kier alpha value is -1.68. The van der Waals surface area contributed by atoms with E-state index in [2.05, 4.69) is 6.92 Å². The van der Waals surface area contributed by atoms with Crippen LogP contribution in [0.25, 0.3) is 0 Å². The van der Waals surface area contributed by atoms with E-state index in [1.807, 2.05) is 18.2 Å². The van der Waals surface area contributed by atoms with E-state index in [1.165, 1.54) is 72.0 Å². The van der Waals surface area contributed by atoms with Gasteiger partial charge < -0.3 is 9.47 Å². The summed E-state index contributed by atoms with van der Waals surface area (Å²) in [6.07, 6.45) is 13.9. The average molecular weight is 403 g/mol. The van der Waals surface area contributed by atoms with Gasteiger partial charge in [-0.05, 0) is 18.4 Å². The molecule has 0 N–H and O–H groups in total. The Morgan fingerprint density at radius 1 is 0.821 bits per heavy atom. The number of ether oxygens (including phenoxy) is 2. The molecule has 1 aliphatic rings. The van der Waals surface area contributed by atoms with Gasteiger partial charge in [0.1, 0.15) is 0 Å². The van der Waals surface area contributed by atoms with Gasteiger partial charge in [0.05, 0.1) is 19.1 Å². The third-order valence-corrected chi connectivity index (χ3v) is 5.85. The van der Waals surface area contributed by atoms with E-state index in [0.717, 1.165) is 24.0 Å². The van der Waals surface area contributed by atoms with Crippen molar-refractivity contribution in [2.75, 3.05) is 14.2 Å². The first-order valence-electron chi connectivity index (χ1n) is 10.7. The number of carbonyl (C=O) groups is 1. The lowest BCUT2D eigenvalue weighted by Gasteiger charge is -2.23. The minimum atomic E-state index is -0.120. The zero-order chi connectivity index (χ0) is 20.4. The number of fused-ring (bicyclic) bond motifs is 1. The Morgan fingerprint density at radius 3 is 1.96 bits per heavy atom. The standard InChI is InChI=1S/C24H34O3S/c1-4-5-6-7-8-9-10-11-12-13-15-18-16-14-17-19-20(18)21(25)22(26-2)23(27-3)24(19)28/h14,16-17H,4-13,15H2,1-3H3. The summed E-state index contributed by atoms with van der Waals surface area (Å²) in [5, 5.41) is 0. The second kappa shape index (κ2) is 12.0. The lowest BCUT2D eigenvalue weighted by atomic mass is 9.87. The number of Topliss-reactive ketones (excluding diaryl/α,β-unsaturated/α-hetero) is 1. The van der Waals surface area contributed by atoms with Crippen LogP contribution in [0.2, 0.25) is 0 Å². The normalized spacial score (nSPS) is 13.7. The van der Waals surface area contributed by atoms with Crippen molar-refractivity contribution in [1.82, 2.24) is 0 Å². The molecule has 1 aliphatic carbocycles. The van der Waals surface area contributed by atoms with Crippen molar-refractivity contribution in [3.05, 3.63) is 46.4 Å². The van der Waals surface area contributed by atoms with Crippen molar-refractivity contribution in [1.29, 1.82) is 0 Å². The van der Waals surface area contributed by atoms with Crippen LogP contribution in [0.1, 0.15) is 92.6 Å². The van der Waals surface area contributed by atoms with Crippen LogP contribution in [0.4, 0.5) is 0 Å². The number of thiocarbonyl (C=S) groups is 1. The summed E-state index contributed by atoms with van der Waals surface area (Å²) in [4.78, 5) is 13.5. The highest BCUT2D eigenvalue weighted by atomic mass is 32.1. The van der Waals surface area contributed by atoms with Crippen LogP contribution in [0.3, 0.4) is 0 Å². The summed E-state index contributed by atoms with van der Waals surface area (Å²) < 4.78 is 10.6. The van der Waals surface area contributed by atoms with Crippen LogP contribution in [-0.2, 0) is 15.9 Å². The van der Waals surface area contributed by atoms with Crippen LogP contribution < -0.4 is 0 Å². The van der Waals surface area contributed by atoms with Crippen LogP contribution in [0.5, 0.6) is 0 Å². The van der Waals surface area contributed by atoms with Crippen molar-refractivity contribution < 1.29 is 14.3 Å². The fourth-order valence-corrected chi connectivity index (χ4v) is 4.23. The monoisotopic (exact) mass is 402 g/mol. The maximum atomic E-state index is 12.9. The third-order valence-electron chi connectivity index (χ3n) is 5.45. The van der Waals surface area contributed by atoms with E-state index in [-0.39, 0.29) is 11.5 Å². The molecule has 0 aliphatic heterocycles. The number of hydrogen-bond donors (Lipinski definition) is 0. The molecule has 0 saturated carbocycles. The molecule has 28 heavy (non-hydrogen) atoms. The molecule has 0 atom stereocenters. The Morgan fingerprint density at radius 2 is 1.39 bits per heavy atom. The largest absolute Gasteiger partial charge is 0.491 e. The molecule has 154 valence electrons. The number of benzene rings is 1. The van der Waals surface area contributed by atoms with E-state index >= 15 is 0 Å². The maximum absolute atomic E-state index is 12.9. The van der Waals surface area contributed by atoms with E-state index in [0.29, 0.717) is 16.2 Å². The summed E-state index contributed by atoms with van der Waals surface area (Å²) >= 11 is 5.54. The van der Waals surface area contributed by atoms with Gasteiger partial charge in [-0.2, -0.15) is 0 Å². The molecule has 0 aromatic heterocycles. The lowest BCUT2D eigenvalue weighted by molar-refractivity contribution is 0.0930. The molecule has 0 spiro atoms. The fourth-order valence-electron chi connectivity index (χ4n) is 3.88. The van der Waals surface area contributed by atoms with Crippen molar-refractivity contribution in [2.24, 2.45) is 0 Å². The van der Waals surface area contributed by atoms with E-state index in [9.17, 15) is 4.79 Å². The van der Waals surface area contributed by atoms with Gasteiger partial charge in [-0.25, -0.2) is 0 Å². The van der Waals surface area contributed by atoms with Gasteiger partial charge in [-0.1, -0.05) is 95.1 Å². The molecule has 4 heteroatoms. The minimum absolute atomic E-state index is 0.120. The zero-order valence-corrected chi connectivity index (χ0v) is 18.5. The first-order valence-corrected chi connectivity index (χ1v) is 11.1. The molecule has 0 heterocycles. The van der Waals surface area contributed by atoms with Crippen LogP contribution in [0.15, 0.2) is 29.7 Å². The summed E-state index contributed by atoms with van der Waals surface area (Å²) in [5.41, 5.74) is 2.55.